The average Bonchev–Trinajstić information content (AvgIpc) is 2.76. The maximum Gasteiger partial charge on any atom is 0.416 e. The number of likely N-dealkylation sites (tertiary alicyclic amines) is 1. The molecule has 0 aliphatic carbocycles. The normalized spacial score (nSPS) is 20.2. The van der Waals surface area contributed by atoms with Crippen molar-refractivity contribution >= 4 is 5.70 Å². The zero-order chi connectivity index (χ0) is 22.3. The summed E-state index contributed by atoms with van der Waals surface area (Å²) < 4.78 is 43.7. The summed E-state index contributed by atoms with van der Waals surface area (Å²) in [5.41, 5.74) is 1.19. The molecule has 0 radical (unpaired) electrons. The highest BCUT2D eigenvalue weighted by Crippen LogP contribution is 2.39. The van der Waals surface area contributed by atoms with Crippen molar-refractivity contribution in [3.63, 3.8) is 0 Å². The summed E-state index contributed by atoms with van der Waals surface area (Å²) in [6.07, 6.45) is -3.14. The third kappa shape index (κ3) is 4.10. The highest BCUT2D eigenvalue weighted by Gasteiger charge is 2.39. The molecule has 0 amide bonds. The molecule has 0 spiro atoms. The second-order valence-electron chi connectivity index (χ2n) is 8.55. The number of alkyl halides is 3. The summed E-state index contributed by atoms with van der Waals surface area (Å²) in [7, 11) is 0. The Bertz CT molecular complexity index is 926. The number of hydrogen-bond acceptors (Lipinski definition) is 4. The van der Waals surface area contributed by atoms with Crippen molar-refractivity contribution in [1.29, 1.82) is 0 Å². The minimum atomic E-state index is -4.37. The van der Waals surface area contributed by atoms with Crippen LogP contribution in [-0.4, -0.2) is 48.0 Å². The number of aliphatic hydroxyl groups is 2. The fourth-order valence-corrected chi connectivity index (χ4v) is 4.37. The van der Waals surface area contributed by atoms with Crippen LogP contribution in [0.1, 0.15) is 35.1 Å². The van der Waals surface area contributed by atoms with Gasteiger partial charge in [0, 0.05) is 24.2 Å². The summed E-state index contributed by atoms with van der Waals surface area (Å²) >= 11 is 0. The summed E-state index contributed by atoms with van der Waals surface area (Å²) in [6, 6.07) is 12.8. The standard InChI is InChI=1S/C24H26F3NO3/c1-17(18-2-4-20(5-3-18)23(30)15-31-16-23)28-12-10-22(14-29,11-13-28)19-6-8-21(9-7-19)24(25,26)27/h2-9,29-30H,1,10-16H2. The number of ether oxygens (including phenoxy) is 1. The lowest BCUT2D eigenvalue weighted by Gasteiger charge is -2.43. The lowest BCUT2D eigenvalue weighted by molar-refractivity contribution is -0.184. The molecule has 166 valence electrons. The van der Waals surface area contributed by atoms with Crippen LogP contribution in [0, 0.1) is 0 Å². The van der Waals surface area contributed by atoms with Gasteiger partial charge in [0.25, 0.3) is 0 Å². The fourth-order valence-electron chi connectivity index (χ4n) is 4.37. The van der Waals surface area contributed by atoms with E-state index in [1.54, 1.807) is 0 Å². The van der Waals surface area contributed by atoms with Crippen molar-refractivity contribution < 1.29 is 28.1 Å². The maximum atomic E-state index is 12.9. The van der Waals surface area contributed by atoms with E-state index < -0.39 is 22.8 Å². The molecular formula is C24H26F3NO3. The molecule has 0 bridgehead atoms. The minimum Gasteiger partial charge on any atom is -0.395 e. The van der Waals surface area contributed by atoms with Gasteiger partial charge in [-0.2, -0.15) is 13.2 Å². The minimum absolute atomic E-state index is 0.117. The van der Waals surface area contributed by atoms with Crippen LogP contribution in [0.4, 0.5) is 13.2 Å². The van der Waals surface area contributed by atoms with Gasteiger partial charge in [-0.15, -0.1) is 0 Å². The molecule has 2 aromatic rings. The second-order valence-corrected chi connectivity index (χ2v) is 8.55. The predicted octanol–water partition coefficient (Wildman–Crippen LogP) is 3.92. The quantitative estimate of drug-likeness (QED) is 0.751. The van der Waals surface area contributed by atoms with E-state index in [9.17, 15) is 23.4 Å². The maximum absolute atomic E-state index is 12.9. The van der Waals surface area contributed by atoms with Crippen molar-refractivity contribution in [3.05, 3.63) is 77.4 Å². The van der Waals surface area contributed by atoms with Gasteiger partial charge < -0.3 is 19.8 Å². The molecule has 0 aromatic heterocycles. The Morgan fingerprint density at radius 1 is 0.968 bits per heavy atom. The molecule has 2 fully saturated rings. The van der Waals surface area contributed by atoms with Gasteiger partial charge in [-0.05, 0) is 41.7 Å². The van der Waals surface area contributed by atoms with Crippen molar-refractivity contribution in [3.8, 4) is 0 Å². The molecule has 2 aromatic carbocycles. The largest absolute Gasteiger partial charge is 0.416 e. The van der Waals surface area contributed by atoms with Gasteiger partial charge in [0.15, 0.2) is 0 Å². The van der Waals surface area contributed by atoms with Crippen molar-refractivity contribution in [1.82, 2.24) is 4.90 Å². The van der Waals surface area contributed by atoms with Gasteiger partial charge in [0.2, 0.25) is 0 Å². The number of rotatable bonds is 5. The Hall–Kier alpha value is -2.35. The molecule has 4 nitrogen and oxygen atoms in total. The van der Waals surface area contributed by atoms with Crippen molar-refractivity contribution in [2.24, 2.45) is 0 Å². The van der Waals surface area contributed by atoms with Crippen LogP contribution in [0.15, 0.2) is 55.1 Å². The van der Waals surface area contributed by atoms with E-state index in [1.165, 1.54) is 12.1 Å². The Balaban J connectivity index is 1.43. The number of piperidine rings is 1. The van der Waals surface area contributed by atoms with Crippen molar-refractivity contribution in [2.45, 2.75) is 30.0 Å². The third-order valence-corrected chi connectivity index (χ3v) is 6.67. The Labute approximate surface area is 179 Å². The summed E-state index contributed by atoms with van der Waals surface area (Å²) in [6.45, 7) is 5.97. The van der Waals surface area contributed by atoms with Gasteiger partial charge in [-0.25, -0.2) is 0 Å². The monoisotopic (exact) mass is 433 g/mol. The number of hydrogen-bond donors (Lipinski definition) is 2. The average molecular weight is 433 g/mol. The van der Waals surface area contributed by atoms with E-state index in [-0.39, 0.29) is 6.61 Å². The topological polar surface area (TPSA) is 52.9 Å². The Kier molecular flexibility index (Phi) is 5.62. The molecule has 2 aliphatic rings. The summed E-state index contributed by atoms with van der Waals surface area (Å²) in [5.74, 6) is 0. The second kappa shape index (κ2) is 7.97. The molecule has 0 unspecified atom stereocenters. The van der Waals surface area contributed by atoms with Gasteiger partial charge in [0.05, 0.1) is 25.4 Å². The highest BCUT2D eigenvalue weighted by molar-refractivity contribution is 5.62. The fraction of sp³-hybridized carbons (Fsp3) is 0.417. The molecule has 2 N–H and O–H groups in total. The number of aliphatic hydroxyl groups excluding tert-OH is 1. The first kappa shape index (κ1) is 21.9. The lowest BCUT2D eigenvalue weighted by atomic mass is 9.73. The first-order chi connectivity index (χ1) is 14.7. The number of halogens is 3. The van der Waals surface area contributed by atoms with Crippen LogP contribution in [0.2, 0.25) is 0 Å². The van der Waals surface area contributed by atoms with E-state index in [2.05, 4.69) is 11.5 Å². The van der Waals surface area contributed by atoms with Crippen LogP contribution in [-0.2, 0) is 21.9 Å². The predicted molar refractivity (Wildman–Crippen MR) is 111 cm³/mol. The smallest absolute Gasteiger partial charge is 0.395 e. The third-order valence-electron chi connectivity index (χ3n) is 6.67. The number of nitrogens with zero attached hydrogens (tertiary/aromatic N) is 1. The van der Waals surface area contributed by atoms with E-state index in [0.29, 0.717) is 39.1 Å². The van der Waals surface area contributed by atoms with Crippen LogP contribution in [0.3, 0.4) is 0 Å². The van der Waals surface area contributed by atoms with Gasteiger partial charge in [-0.1, -0.05) is 43.0 Å². The van der Waals surface area contributed by atoms with E-state index in [4.69, 9.17) is 4.74 Å². The summed E-state index contributed by atoms with van der Waals surface area (Å²) in [4.78, 5) is 2.13. The van der Waals surface area contributed by atoms with Gasteiger partial charge >= 0.3 is 6.18 Å². The lowest BCUT2D eigenvalue weighted by Crippen LogP contribution is -2.46. The zero-order valence-corrected chi connectivity index (χ0v) is 17.2. The van der Waals surface area contributed by atoms with Gasteiger partial charge in [0.1, 0.15) is 5.60 Å². The summed E-state index contributed by atoms with van der Waals surface area (Å²) in [5, 5.41) is 20.5. The zero-order valence-electron chi connectivity index (χ0n) is 17.2. The molecule has 0 atom stereocenters. The molecule has 2 heterocycles. The molecule has 2 saturated heterocycles. The Morgan fingerprint density at radius 2 is 1.52 bits per heavy atom. The van der Waals surface area contributed by atoms with Gasteiger partial charge in [-0.3, -0.25) is 0 Å². The van der Waals surface area contributed by atoms with Crippen molar-refractivity contribution in [2.75, 3.05) is 32.9 Å². The van der Waals surface area contributed by atoms with Crippen LogP contribution >= 0.6 is 0 Å². The molecule has 4 rings (SSSR count). The Morgan fingerprint density at radius 3 is 1.97 bits per heavy atom. The molecule has 7 heteroatoms. The van der Waals surface area contributed by atoms with Crippen LogP contribution in [0.25, 0.3) is 5.70 Å². The van der Waals surface area contributed by atoms with E-state index in [0.717, 1.165) is 34.5 Å². The SMILES string of the molecule is C=C(c1ccc(C2(O)COC2)cc1)N1CCC(CO)(c2ccc(C(F)(F)F)cc2)CC1. The first-order valence-corrected chi connectivity index (χ1v) is 10.3. The van der Waals surface area contributed by atoms with E-state index in [1.807, 2.05) is 24.3 Å². The molecular weight excluding hydrogens is 407 g/mol. The highest BCUT2D eigenvalue weighted by atomic mass is 19.4. The van der Waals surface area contributed by atoms with Crippen LogP contribution < -0.4 is 0 Å². The van der Waals surface area contributed by atoms with E-state index >= 15 is 0 Å². The van der Waals surface area contributed by atoms with Crippen LogP contribution in [0.5, 0.6) is 0 Å². The molecule has 2 aliphatic heterocycles. The molecule has 31 heavy (non-hydrogen) atoms. The molecule has 0 saturated carbocycles. The first-order valence-electron chi connectivity index (χ1n) is 10.3. The number of benzene rings is 2.